The highest BCUT2D eigenvalue weighted by Crippen LogP contribution is 2.40. The van der Waals surface area contributed by atoms with Crippen molar-refractivity contribution < 1.29 is 4.42 Å². The molecule has 0 bridgehead atoms. The molecule has 266 valence electrons. The molecule has 6 heteroatoms. The molecule has 0 amide bonds. The summed E-state index contributed by atoms with van der Waals surface area (Å²) in [6.45, 7) is 0. The SMILES string of the molecule is c1ccc(-c2nc(-c3ccc4c5ccccc5n(-c5ccccc5)c4c3)nc(-n3c4ccccc4c4cc(-c5cccc6c5oc5ccccc56)ccc43)n2)cc1. The van der Waals surface area contributed by atoms with E-state index in [4.69, 9.17) is 19.4 Å². The van der Waals surface area contributed by atoms with Gasteiger partial charge in [-0.2, -0.15) is 9.97 Å². The van der Waals surface area contributed by atoms with Gasteiger partial charge in [-0.25, -0.2) is 4.98 Å². The van der Waals surface area contributed by atoms with Gasteiger partial charge in [0.1, 0.15) is 11.2 Å². The molecule has 0 N–H and O–H groups in total. The topological polar surface area (TPSA) is 61.7 Å². The van der Waals surface area contributed by atoms with E-state index in [-0.39, 0.29) is 0 Å². The Kier molecular flexibility index (Phi) is 6.83. The van der Waals surface area contributed by atoms with Gasteiger partial charge in [0.15, 0.2) is 11.6 Å². The minimum atomic E-state index is 0.556. The predicted molar refractivity (Wildman–Crippen MR) is 232 cm³/mol. The summed E-state index contributed by atoms with van der Waals surface area (Å²) in [6.07, 6.45) is 0. The first-order valence-corrected chi connectivity index (χ1v) is 19.1. The first kappa shape index (κ1) is 31.5. The van der Waals surface area contributed by atoms with Crippen molar-refractivity contribution in [2.24, 2.45) is 0 Å². The van der Waals surface area contributed by atoms with Gasteiger partial charge < -0.3 is 8.98 Å². The predicted octanol–water partition coefficient (Wildman–Crippen LogP) is 13.0. The molecule has 0 saturated carbocycles. The molecule has 4 aromatic heterocycles. The van der Waals surface area contributed by atoms with Crippen LogP contribution in [0.25, 0.3) is 111 Å². The van der Waals surface area contributed by atoms with E-state index in [0.717, 1.165) is 82.7 Å². The maximum atomic E-state index is 6.47. The Morgan fingerprint density at radius 1 is 0.351 bits per heavy atom. The summed E-state index contributed by atoms with van der Waals surface area (Å²) < 4.78 is 11.0. The molecular weight excluding hydrogens is 699 g/mol. The zero-order chi connectivity index (χ0) is 37.5. The van der Waals surface area contributed by atoms with Crippen molar-refractivity contribution in [3.63, 3.8) is 0 Å². The average molecular weight is 730 g/mol. The Balaban J connectivity index is 1.09. The molecule has 12 aromatic rings. The minimum absolute atomic E-state index is 0.556. The van der Waals surface area contributed by atoms with Crippen LogP contribution in [0.1, 0.15) is 0 Å². The van der Waals surface area contributed by atoms with Crippen LogP contribution in [-0.4, -0.2) is 24.1 Å². The second-order valence-electron chi connectivity index (χ2n) is 14.4. The second kappa shape index (κ2) is 12.3. The van der Waals surface area contributed by atoms with Crippen LogP contribution in [-0.2, 0) is 0 Å². The molecule has 4 heterocycles. The lowest BCUT2D eigenvalue weighted by Gasteiger charge is -2.12. The number of nitrogens with zero attached hydrogens (tertiary/aromatic N) is 5. The third-order valence-electron chi connectivity index (χ3n) is 11.2. The summed E-state index contributed by atoms with van der Waals surface area (Å²) >= 11 is 0. The van der Waals surface area contributed by atoms with E-state index in [1.54, 1.807) is 0 Å². The maximum Gasteiger partial charge on any atom is 0.238 e. The van der Waals surface area contributed by atoms with E-state index in [1.165, 1.54) is 10.8 Å². The monoisotopic (exact) mass is 729 g/mol. The number of furan rings is 1. The third-order valence-corrected chi connectivity index (χ3v) is 11.2. The number of hydrogen-bond donors (Lipinski definition) is 0. The highest BCUT2D eigenvalue weighted by Gasteiger charge is 2.21. The Bertz CT molecular complexity index is 3520. The maximum absolute atomic E-state index is 6.47. The summed E-state index contributed by atoms with van der Waals surface area (Å²) in [4.78, 5) is 15.7. The van der Waals surface area contributed by atoms with E-state index in [0.29, 0.717) is 17.6 Å². The molecule has 57 heavy (non-hydrogen) atoms. The van der Waals surface area contributed by atoms with Crippen LogP contribution in [0.5, 0.6) is 0 Å². The summed E-state index contributed by atoms with van der Waals surface area (Å²) in [5.41, 5.74) is 11.1. The number of rotatable bonds is 5. The molecule has 0 aliphatic carbocycles. The molecular formula is C51H31N5O. The summed E-state index contributed by atoms with van der Waals surface area (Å²) in [5, 5.41) is 6.82. The van der Waals surface area contributed by atoms with Crippen molar-refractivity contribution in [3.05, 3.63) is 188 Å². The van der Waals surface area contributed by atoms with Gasteiger partial charge in [-0.3, -0.25) is 4.57 Å². The largest absolute Gasteiger partial charge is 0.455 e. The molecule has 8 aromatic carbocycles. The minimum Gasteiger partial charge on any atom is -0.455 e. The Labute approximate surface area is 326 Å². The molecule has 0 atom stereocenters. The van der Waals surface area contributed by atoms with Gasteiger partial charge in [-0.1, -0.05) is 140 Å². The lowest BCUT2D eigenvalue weighted by atomic mass is 10.0. The van der Waals surface area contributed by atoms with E-state index in [2.05, 4.69) is 167 Å². The van der Waals surface area contributed by atoms with Crippen molar-refractivity contribution in [2.75, 3.05) is 0 Å². The van der Waals surface area contributed by atoms with Crippen LogP contribution in [0.3, 0.4) is 0 Å². The molecule has 0 aliphatic heterocycles. The fourth-order valence-electron chi connectivity index (χ4n) is 8.61. The molecule has 0 fully saturated rings. The summed E-state index contributed by atoms with van der Waals surface area (Å²) in [7, 11) is 0. The van der Waals surface area contributed by atoms with Crippen LogP contribution in [0.15, 0.2) is 192 Å². The van der Waals surface area contributed by atoms with E-state index in [9.17, 15) is 0 Å². The summed E-state index contributed by atoms with van der Waals surface area (Å²) in [5.74, 6) is 1.77. The quantitative estimate of drug-likeness (QED) is 0.177. The average Bonchev–Trinajstić information content (AvgIpc) is 3.94. The lowest BCUT2D eigenvalue weighted by molar-refractivity contribution is 0.670. The number of benzene rings is 8. The molecule has 6 nitrogen and oxygen atoms in total. The van der Waals surface area contributed by atoms with E-state index < -0.39 is 0 Å². The van der Waals surface area contributed by atoms with Gasteiger partial charge >= 0.3 is 0 Å². The number of para-hydroxylation sites is 5. The third kappa shape index (κ3) is 4.87. The zero-order valence-corrected chi connectivity index (χ0v) is 30.5. The van der Waals surface area contributed by atoms with Crippen molar-refractivity contribution in [1.82, 2.24) is 24.1 Å². The van der Waals surface area contributed by atoms with Gasteiger partial charge in [0.2, 0.25) is 5.95 Å². The van der Waals surface area contributed by atoms with Crippen molar-refractivity contribution >= 4 is 65.6 Å². The number of fused-ring (bicyclic) bond motifs is 9. The van der Waals surface area contributed by atoms with Gasteiger partial charge in [0.05, 0.1) is 22.1 Å². The lowest BCUT2D eigenvalue weighted by Crippen LogP contribution is -2.06. The van der Waals surface area contributed by atoms with Gasteiger partial charge in [-0.15, -0.1) is 0 Å². The Hall–Kier alpha value is -7.83. The van der Waals surface area contributed by atoms with Gasteiger partial charge in [0.25, 0.3) is 0 Å². The molecule has 0 saturated heterocycles. The first-order valence-electron chi connectivity index (χ1n) is 19.1. The fraction of sp³-hybridized carbons (Fsp3) is 0. The molecule has 0 radical (unpaired) electrons. The van der Waals surface area contributed by atoms with Gasteiger partial charge in [0, 0.05) is 54.7 Å². The van der Waals surface area contributed by atoms with Crippen LogP contribution in [0.2, 0.25) is 0 Å². The zero-order valence-electron chi connectivity index (χ0n) is 30.5. The van der Waals surface area contributed by atoms with E-state index >= 15 is 0 Å². The molecule has 0 aliphatic rings. The Morgan fingerprint density at radius 3 is 1.75 bits per heavy atom. The molecule has 0 unspecified atom stereocenters. The highest BCUT2D eigenvalue weighted by molar-refractivity contribution is 6.13. The highest BCUT2D eigenvalue weighted by atomic mass is 16.3. The fourth-order valence-corrected chi connectivity index (χ4v) is 8.61. The van der Waals surface area contributed by atoms with Crippen LogP contribution >= 0.6 is 0 Å². The van der Waals surface area contributed by atoms with Crippen LogP contribution in [0, 0.1) is 0 Å². The van der Waals surface area contributed by atoms with Crippen molar-refractivity contribution in [2.45, 2.75) is 0 Å². The summed E-state index contributed by atoms with van der Waals surface area (Å²) in [6, 6.07) is 65.5. The normalized spacial score (nSPS) is 11.9. The second-order valence-corrected chi connectivity index (χ2v) is 14.4. The smallest absolute Gasteiger partial charge is 0.238 e. The van der Waals surface area contributed by atoms with Crippen LogP contribution in [0.4, 0.5) is 0 Å². The standard InChI is InChI=1S/C51H31N5O/c1-3-14-32(15-4-1)49-52-50(34-26-28-39-37-18-7-10-23-43(37)55(46(39)31-34)35-16-5-2-6-17-35)54-51(53-49)56-44-24-11-8-19-38(44)42-30-33(27-29-45(42)56)36-21-13-22-41-40-20-9-12-25-47(40)57-48(36)41/h1-31H. The van der Waals surface area contributed by atoms with Crippen molar-refractivity contribution in [3.8, 4) is 45.5 Å². The van der Waals surface area contributed by atoms with Crippen molar-refractivity contribution in [1.29, 1.82) is 0 Å². The van der Waals surface area contributed by atoms with Crippen LogP contribution < -0.4 is 0 Å². The Morgan fingerprint density at radius 2 is 0.947 bits per heavy atom. The number of aromatic nitrogens is 5. The molecule has 0 spiro atoms. The van der Waals surface area contributed by atoms with E-state index in [1.807, 2.05) is 30.3 Å². The molecule has 12 rings (SSSR count). The van der Waals surface area contributed by atoms with Gasteiger partial charge in [-0.05, 0) is 54.1 Å². The first-order chi connectivity index (χ1) is 28.3. The number of hydrogen-bond acceptors (Lipinski definition) is 4.